The molecule has 0 unspecified atom stereocenters. The second kappa shape index (κ2) is 8.04. The van der Waals surface area contributed by atoms with Gasteiger partial charge in [0.05, 0.1) is 29.7 Å². The molecule has 2 aromatic heterocycles. The smallest absolute Gasteiger partial charge is 0.337 e. The Morgan fingerprint density at radius 3 is 2.60 bits per heavy atom. The fourth-order valence-corrected chi connectivity index (χ4v) is 3.75. The topological polar surface area (TPSA) is 65.5 Å². The van der Waals surface area contributed by atoms with Crippen molar-refractivity contribution in [1.82, 2.24) is 4.98 Å². The van der Waals surface area contributed by atoms with Gasteiger partial charge in [-0.05, 0) is 29.1 Å². The Hall–Kier alpha value is -2.51. The van der Waals surface area contributed by atoms with Crippen LogP contribution in [0.5, 0.6) is 0 Å². The molecule has 0 aliphatic heterocycles. The van der Waals surface area contributed by atoms with Crippen molar-refractivity contribution < 1.29 is 19.1 Å². The Morgan fingerprint density at radius 1 is 1.12 bits per heavy atom. The largest absolute Gasteiger partial charge is 0.465 e. The monoisotopic (exact) mass is 373 g/mol. The van der Waals surface area contributed by atoms with Gasteiger partial charge in [-0.15, -0.1) is 22.7 Å². The third-order valence-electron chi connectivity index (χ3n) is 3.38. The van der Waals surface area contributed by atoms with Crippen LogP contribution in [-0.2, 0) is 27.3 Å². The average molecular weight is 373 g/mol. The van der Waals surface area contributed by atoms with E-state index in [0.717, 1.165) is 15.4 Å². The molecule has 25 heavy (non-hydrogen) atoms. The van der Waals surface area contributed by atoms with E-state index < -0.39 is 5.97 Å². The van der Waals surface area contributed by atoms with Crippen LogP contribution in [0.4, 0.5) is 0 Å². The average Bonchev–Trinajstić information content (AvgIpc) is 3.31. The lowest BCUT2D eigenvalue weighted by atomic mass is 10.1. The molecule has 2 heterocycles. The summed E-state index contributed by atoms with van der Waals surface area (Å²) < 4.78 is 9.91. The van der Waals surface area contributed by atoms with Gasteiger partial charge in [0.1, 0.15) is 11.6 Å². The number of benzene rings is 1. The number of esters is 2. The lowest BCUT2D eigenvalue weighted by Crippen LogP contribution is -2.08. The Bertz CT molecular complexity index is 854. The predicted molar refractivity (Wildman–Crippen MR) is 96.7 cm³/mol. The van der Waals surface area contributed by atoms with Crippen molar-refractivity contribution in [3.63, 3.8) is 0 Å². The van der Waals surface area contributed by atoms with E-state index in [2.05, 4.69) is 9.72 Å². The van der Waals surface area contributed by atoms with Gasteiger partial charge in [0.15, 0.2) is 0 Å². The number of aromatic nitrogens is 1. The van der Waals surface area contributed by atoms with Gasteiger partial charge < -0.3 is 9.47 Å². The maximum atomic E-state index is 12.0. The number of rotatable bonds is 6. The van der Waals surface area contributed by atoms with E-state index in [9.17, 15) is 9.59 Å². The first-order valence-electron chi connectivity index (χ1n) is 7.47. The quantitative estimate of drug-likeness (QED) is 0.612. The zero-order chi connectivity index (χ0) is 17.6. The molecule has 0 N–H and O–H groups in total. The number of carbonyl (C=O) groups excluding carboxylic acids is 2. The SMILES string of the molecule is COC(=O)c1ccc(COC(=O)Cc2csc(-c3cccs3)n2)cc1. The van der Waals surface area contributed by atoms with Crippen molar-refractivity contribution in [2.24, 2.45) is 0 Å². The van der Waals surface area contributed by atoms with E-state index in [1.54, 1.807) is 35.6 Å². The molecule has 0 fully saturated rings. The van der Waals surface area contributed by atoms with Crippen LogP contribution >= 0.6 is 22.7 Å². The number of methoxy groups -OCH3 is 1. The third-order valence-corrected chi connectivity index (χ3v) is 5.31. The van der Waals surface area contributed by atoms with E-state index in [1.165, 1.54) is 18.4 Å². The number of carbonyl (C=O) groups is 2. The van der Waals surface area contributed by atoms with E-state index in [1.807, 2.05) is 22.9 Å². The predicted octanol–water partition coefficient (Wildman–Crippen LogP) is 3.94. The molecule has 1 aromatic carbocycles. The summed E-state index contributed by atoms with van der Waals surface area (Å²) in [5.74, 6) is -0.728. The van der Waals surface area contributed by atoms with Gasteiger partial charge in [-0.25, -0.2) is 9.78 Å². The molecular formula is C18H15NO4S2. The number of ether oxygens (including phenoxy) is 2. The van der Waals surface area contributed by atoms with E-state index in [4.69, 9.17) is 4.74 Å². The molecule has 128 valence electrons. The standard InChI is InChI=1S/C18H15NO4S2/c1-22-18(21)13-6-4-12(5-7-13)10-23-16(20)9-14-11-25-17(19-14)15-3-2-8-24-15/h2-8,11H,9-10H2,1H3. The summed E-state index contributed by atoms with van der Waals surface area (Å²) in [4.78, 5) is 28.9. The summed E-state index contributed by atoms with van der Waals surface area (Å²) >= 11 is 3.14. The van der Waals surface area contributed by atoms with Gasteiger partial charge in [0.25, 0.3) is 0 Å². The summed E-state index contributed by atoms with van der Waals surface area (Å²) in [6.07, 6.45) is 0.141. The third kappa shape index (κ3) is 4.52. The minimum atomic E-state index is -0.395. The van der Waals surface area contributed by atoms with Crippen LogP contribution in [0.15, 0.2) is 47.2 Å². The Morgan fingerprint density at radius 2 is 1.92 bits per heavy atom. The fourth-order valence-electron chi connectivity index (χ4n) is 2.12. The Labute approximate surface area is 152 Å². The molecular weight excluding hydrogens is 358 g/mol. The van der Waals surface area contributed by atoms with Gasteiger partial charge in [-0.2, -0.15) is 0 Å². The van der Waals surface area contributed by atoms with Crippen LogP contribution < -0.4 is 0 Å². The molecule has 0 saturated heterocycles. The highest BCUT2D eigenvalue weighted by atomic mass is 32.1. The van der Waals surface area contributed by atoms with Crippen molar-refractivity contribution in [1.29, 1.82) is 0 Å². The van der Waals surface area contributed by atoms with Crippen molar-refractivity contribution >= 4 is 34.6 Å². The summed E-state index contributed by atoms with van der Waals surface area (Å²) in [5, 5.41) is 4.79. The maximum Gasteiger partial charge on any atom is 0.337 e. The molecule has 0 aliphatic rings. The lowest BCUT2D eigenvalue weighted by Gasteiger charge is -2.05. The molecule has 0 atom stereocenters. The fraction of sp³-hybridized carbons (Fsp3) is 0.167. The first-order valence-corrected chi connectivity index (χ1v) is 9.23. The number of thiazole rings is 1. The van der Waals surface area contributed by atoms with Crippen molar-refractivity contribution in [2.45, 2.75) is 13.0 Å². The molecule has 0 saturated carbocycles. The van der Waals surface area contributed by atoms with Crippen molar-refractivity contribution in [2.75, 3.05) is 7.11 Å². The minimum Gasteiger partial charge on any atom is -0.465 e. The highest BCUT2D eigenvalue weighted by Gasteiger charge is 2.11. The Balaban J connectivity index is 1.52. The number of hydrogen-bond donors (Lipinski definition) is 0. The first kappa shape index (κ1) is 17.3. The summed E-state index contributed by atoms with van der Waals surface area (Å²) in [6, 6.07) is 10.7. The maximum absolute atomic E-state index is 12.0. The van der Waals surface area contributed by atoms with Crippen LogP contribution in [0.1, 0.15) is 21.6 Å². The lowest BCUT2D eigenvalue weighted by molar-refractivity contribution is -0.144. The van der Waals surface area contributed by atoms with Crippen LogP contribution in [0.2, 0.25) is 0 Å². The second-order valence-corrected chi connectivity index (χ2v) is 6.95. The van der Waals surface area contributed by atoms with E-state index in [0.29, 0.717) is 11.3 Å². The zero-order valence-electron chi connectivity index (χ0n) is 13.4. The van der Waals surface area contributed by atoms with Gasteiger partial charge in [-0.1, -0.05) is 18.2 Å². The van der Waals surface area contributed by atoms with Gasteiger partial charge in [0.2, 0.25) is 0 Å². The number of thiophene rings is 1. The molecule has 0 spiro atoms. The summed E-state index contributed by atoms with van der Waals surface area (Å²) in [6.45, 7) is 0.155. The minimum absolute atomic E-state index is 0.141. The summed E-state index contributed by atoms with van der Waals surface area (Å²) in [5.41, 5.74) is 1.97. The molecule has 0 amide bonds. The molecule has 5 nitrogen and oxygen atoms in total. The molecule has 0 radical (unpaired) electrons. The molecule has 0 aliphatic carbocycles. The molecule has 3 aromatic rings. The van der Waals surface area contributed by atoms with Crippen LogP contribution in [0.3, 0.4) is 0 Å². The normalized spacial score (nSPS) is 10.4. The highest BCUT2D eigenvalue weighted by molar-refractivity contribution is 7.20. The number of hydrogen-bond acceptors (Lipinski definition) is 7. The number of nitrogens with zero attached hydrogens (tertiary/aromatic N) is 1. The first-order chi connectivity index (χ1) is 12.2. The molecule has 3 rings (SSSR count). The van der Waals surface area contributed by atoms with Gasteiger partial charge in [0, 0.05) is 5.38 Å². The van der Waals surface area contributed by atoms with Gasteiger partial charge in [-0.3, -0.25) is 4.79 Å². The Kier molecular flexibility index (Phi) is 5.57. The second-order valence-electron chi connectivity index (χ2n) is 5.15. The van der Waals surface area contributed by atoms with Gasteiger partial charge >= 0.3 is 11.9 Å². The van der Waals surface area contributed by atoms with E-state index >= 15 is 0 Å². The summed E-state index contributed by atoms with van der Waals surface area (Å²) in [7, 11) is 1.33. The van der Waals surface area contributed by atoms with E-state index in [-0.39, 0.29) is 19.0 Å². The van der Waals surface area contributed by atoms with Crippen LogP contribution in [0.25, 0.3) is 9.88 Å². The molecule has 7 heteroatoms. The van der Waals surface area contributed by atoms with Crippen molar-refractivity contribution in [3.05, 3.63) is 64.0 Å². The zero-order valence-corrected chi connectivity index (χ0v) is 15.1. The van der Waals surface area contributed by atoms with Crippen LogP contribution in [0, 0.1) is 0 Å². The van der Waals surface area contributed by atoms with Crippen LogP contribution in [-0.4, -0.2) is 24.0 Å². The van der Waals surface area contributed by atoms with Crippen molar-refractivity contribution in [3.8, 4) is 9.88 Å². The highest BCUT2D eigenvalue weighted by Crippen LogP contribution is 2.27. The molecule has 0 bridgehead atoms.